The molecule has 2 aliphatic rings. The number of fused-ring (bicyclic) bond motifs is 13. The minimum atomic E-state index is -2.36. The van der Waals surface area contributed by atoms with E-state index in [1.54, 1.807) is 16.7 Å². The van der Waals surface area contributed by atoms with E-state index in [1.807, 2.05) is 72.8 Å². The zero-order valence-electron chi connectivity index (χ0n) is 67.6. The third-order valence-electron chi connectivity index (χ3n) is 20.6. The molecule has 0 amide bonds. The highest BCUT2D eigenvalue weighted by atomic mass is 15.2. The van der Waals surface area contributed by atoms with Crippen LogP contribution in [0.5, 0.6) is 0 Å². The number of anilines is 6. The molecule has 0 fully saturated rings. The van der Waals surface area contributed by atoms with Gasteiger partial charge in [0.1, 0.15) is 11.6 Å². The second-order valence-electron chi connectivity index (χ2n) is 29.7. The van der Waals surface area contributed by atoms with Crippen molar-refractivity contribution >= 4 is 123 Å². The van der Waals surface area contributed by atoms with Gasteiger partial charge in [0.25, 0.3) is 6.71 Å². The average Bonchev–Trinajstić information content (AvgIpc) is 1.09. The van der Waals surface area contributed by atoms with Gasteiger partial charge in [0.15, 0.2) is 0 Å². The summed E-state index contributed by atoms with van der Waals surface area (Å²) in [4.78, 5) is 4.57. The third-order valence-corrected chi connectivity index (χ3v) is 20.6. The predicted octanol–water partition coefficient (Wildman–Crippen LogP) is 22.5. The summed E-state index contributed by atoms with van der Waals surface area (Å²) in [5, 5.41) is 16.7. The SMILES string of the molecule is [2H]c1c([2H])c([2H])c2c(c1[2H])c1c([2H])c([2H])c([2H])c([2H])c1n2-c1ccc2c(c1)N(c1cc(-c3ccccc3)cc(-c3ccc(C([2H])([2H])[2H])cc3)c1)c1cc(C(C)(C)C)cc3c1B2c1ccc(-n2c4ccc(C(C)(C)C)cc4c4cc(C(C)(C)C)ccc42)cc1N3c1cccc(-n2c3ccccc3c3ccccc32)c1C#N. The predicted molar refractivity (Wildman–Crippen MR) is 420 cm³/mol. The van der Waals surface area contributed by atoms with E-state index >= 15 is 0 Å². The van der Waals surface area contributed by atoms with Gasteiger partial charge in [-0.25, -0.2) is 0 Å². The standard InChI is InChI=1S/C92H75BN6/c1-57-35-37-59(38-36-57)61-47-60(58-23-12-11-13-24-58)48-67(49-61)97-85-54-65(95-77-29-18-14-25-68(77)69-26-15-19-30-78(69)95)41-43-75(85)93-76-44-42-66(96-83-45-39-62(90(2,3)4)50-72(83)73-51-63(91(5,6)7)40-46-84(73)96)55-86(76)99(88-53-64(92(8,9)10)52-87(97)89(88)93)82-34-22-33-81(74(82)56-94)98-79-31-20-16-27-70(79)71-28-17-21-32-80(71)98/h11-55H,1-10H3/i1D3,14D,15D,18D,19D,25D,26D,29D,30D. The van der Waals surface area contributed by atoms with E-state index in [9.17, 15) is 13.5 Å². The van der Waals surface area contributed by atoms with Gasteiger partial charge in [-0.1, -0.05) is 225 Å². The summed E-state index contributed by atoms with van der Waals surface area (Å²) < 4.78 is 106. The number of hydrogen-bond donors (Lipinski definition) is 0. The fraction of sp³-hybridized carbons (Fsp3) is 0.141. The fourth-order valence-electron chi connectivity index (χ4n) is 15.7. The highest BCUT2D eigenvalue weighted by molar-refractivity contribution is 7.00. The number of aromatic nitrogens is 3. The average molecular weight is 1290 g/mol. The molecule has 476 valence electrons. The van der Waals surface area contributed by atoms with Crippen LogP contribution in [0, 0.1) is 18.2 Å². The van der Waals surface area contributed by atoms with Crippen LogP contribution in [-0.4, -0.2) is 20.4 Å². The smallest absolute Gasteiger partial charge is 0.252 e. The van der Waals surface area contributed by atoms with Crippen molar-refractivity contribution in [2.45, 2.75) is 85.4 Å². The van der Waals surface area contributed by atoms with Crippen LogP contribution >= 0.6 is 0 Å². The summed E-state index contributed by atoms with van der Waals surface area (Å²) in [5.74, 6) is 0. The first-order valence-electron chi connectivity index (χ1n) is 39.4. The molecule has 99 heavy (non-hydrogen) atoms. The van der Waals surface area contributed by atoms with Crippen LogP contribution in [-0.2, 0) is 16.2 Å². The van der Waals surface area contributed by atoms with E-state index in [0.717, 1.165) is 111 Å². The molecule has 0 bridgehead atoms. The lowest BCUT2D eigenvalue weighted by Gasteiger charge is -2.45. The van der Waals surface area contributed by atoms with Crippen molar-refractivity contribution in [3.8, 4) is 45.4 Å². The minimum Gasteiger partial charge on any atom is -0.311 e. The molecule has 0 spiro atoms. The Morgan fingerprint density at radius 3 is 1.37 bits per heavy atom. The second kappa shape index (κ2) is 22.0. The summed E-state index contributed by atoms with van der Waals surface area (Å²) in [7, 11) is 0. The van der Waals surface area contributed by atoms with Crippen LogP contribution in [0.4, 0.5) is 34.1 Å². The van der Waals surface area contributed by atoms with Crippen LogP contribution in [0.15, 0.2) is 273 Å². The van der Waals surface area contributed by atoms with Gasteiger partial charge in [-0.2, -0.15) is 5.26 Å². The van der Waals surface area contributed by atoms with Crippen molar-refractivity contribution < 1.29 is 15.1 Å². The molecule has 0 N–H and O–H groups in total. The Balaban J connectivity index is 0.994. The Kier molecular flexibility index (Phi) is 10.9. The van der Waals surface area contributed by atoms with Crippen LogP contribution in [0.25, 0.3) is 105 Å². The van der Waals surface area contributed by atoms with Crippen molar-refractivity contribution in [2.24, 2.45) is 0 Å². The normalized spacial score (nSPS) is 14.8. The molecule has 0 aliphatic carbocycles. The molecular formula is C92H75BN6. The van der Waals surface area contributed by atoms with Gasteiger partial charge >= 0.3 is 0 Å². The Bertz CT molecular complexity index is 6520. The lowest BCUT2D eigenvalue weighted by molar-refractivity contribution is 0.590. The van der Waals surface area contributed by atoms with Crippen LogP contribution in [0.2, 0.25) is 0 Å². The van der Waals surface area contributed by atoms with Gasteiger partial charge in [0.05, 0.1) is 55.4 Å². The highest BCUT2D eigenvalue weighted by Crippen LogP contribution is 2.51. The molecule has 0 radical (unpaired) electrons. The maximum absolute atomic E-state index is 12.4. The molecule has 7 heteroatoms. The Hall–Kier alpha value is -11.6. The maximum Gasteiger partial charge on any atom is 0.252 e. The zero-order chi connectivity index (χ0) is 77.0. The molecule has 0 saturated heterocycles. The van der Waals surface area contributed by atoms with Gasteiger partial charge in [0, 0.05) is 76.2 Å². The molecule has 0 saturated carbocycles. The molecule has 0 atom stereocenters. The van der Waals surface area contributed by atoms with E-state index < -0.39 is 67.3 Å². The Labute approximate surface area is 595 Å². The van der Waals surface area contributed by atoms with Crippen molar-refractivity contribution in [1.82, 2.24) is 13.7 Å². The van der Waals surface area contributed by atoms with E-state index in [0.29, 0.717) is 34.0 Å². The van der Waals surface area contributed by atoms with E-state index in [-0.39, 0.29) is 38.2 Å². The number of para-hydroxylation sites is 4. The van der Waals surface area contributed by atoms with Gasteiger partial charge < -0.3 is 23.5 Å². The van der Waals surface area contributed by atoms with E-state index in [2.05, 4.69) is 227 Å². The number of rotatable bonds is 7. The van der Waals surface area contributed by atoms with Crippen molar-refractivity contribution in [3.05, 3.63) is 301 Å². The van der Waals surface area contributed by atoms with Gasteiger partial charge in [-0.05, 0) is 194 Å². The molecule has 13 aromatic carbocycles. The van der Waals surface area contributed by atoms with Crippen molar-refractivity contribution in [3.63, 3.8) is 0 Å². The van der Waals surface area contributed by atoms with Gasteiger partial charge in [-0.15, -0.1) is 0 Å². The van der Waals surface area contributed by atoms with Crippen molar-refractivity contribution in [1.29, 1.82) is 5.26 Å². The fourth-order valence-corrected chi connectivity index (χ4v) is 15.7. The number of aryl methyl sites for hydroxylation is 1. The number of nitrogens with zero attached hydrogens (tertiary/aromatic N) is 6. The van der Waals surface area contributed by atoms with Crippen LogP contribution in [0.3, 0.4) is 0 Å². The summed E-state index contributed by atoms with van der Waals surface area (Å²) in [6.07, 6.45) is 0. The summed E-state index contributed by atoms with van der Waals surface area (Å²) in [5.41, 5.74) is 19.4. The Morgan fingerprint density at radius 2 is 0.828 bits per heavy atom. The lowest BCUT2D eigenvalue weighted by Crippen LogP contribution is -2.61. The summed E-state index contributed by atoms with van der Waals surface area (Å²) in [6, 6.07) is 76.2. The first kappa shape index (κ1) is 49.0. The van der Waals surface area contributed by atoms with Gasteiger partial charge in [-0.3, -0.25) is 0 Å². The van der Waals surface area contributed by atoms with Crippen molar-refractivity contribution in [2.75, 3.05) is 9.80 Å². The molecular weight excluding hydrogens is 1200 g/mol. The van der Waals surface area contributed by atoms with Gasteiger partial charge in [0.2, 0.25) is 0 Å². The quantitative estimate of drug-likeness (QED) is 0.149. The molecule has 6 nitrogen and oxygen atoms in total. The summed E-state index contributed by atoms with van der Waals surface area (Å²) in [6.45, 7) is 17.1. The molecule has 18 rings (SSSR count). The minimum absolute atomic E-state index is 0.0104. The molecule has 5 heterocycles. The first-order chi connectivity index (χ1) is 52.4. The number of hydrogen-bond acceptors (Lipinski definition) is 3. The molecule has 0 unspecified atom stereocenters. The third kappa shape index (κ3) is 9.37. The van der Waals surface area contributed by atoms with Crippen LogP contribution in [0.1, 0.15) is 105 Å². The Morgan fingerprint density at radius 1 is 0.343 bits per heavy atom. The molecule has 16 aromatic rings. The largest absolute Gasteiger partial charge is 0.311 e. The van der Waals surface area contributed by atoms with E-state index in [1.165, 1.54) is 11.1 Å². The van der Waals surface area contributed by atoms with E-state index in [4.69, 9.17) is 6.85 Å². The molecule has 3 aromatic heterocycles. The number of nitriles is 1. The monoisotopic (exact) mass is 1290 g/mol. The topological polar surface area (TPSA) is 45.1 Å². The zero-order valence-corrected chi connectivity index (χ0v) is 56.6. The number of benzene rings is 13. The second-order valence-corrected chi connectivity index (χ2v) is 29.7. The highest BCUT2D eigenvalue weighted by Gasteiger charge is 2.45. The van der Waals surface area contributed by atoms with Crippen LogP contribution < -0.4 is 26.2 Å². The first-order valence-corrected chi connectivity index (χ1v) is 33.9. The lowest BCUT2D eigenvalue weighted by atomic mass is 9.33. The summed E-state index contributed by atoms with van der Waals surface area (Å²) >= 11 is 0. The molecule has 2 aliphatic heterocycles. The maximum atomic E-state index is 12.4.